The zero-order chi connectivity index (χ0) is 14.7. The first-order valence-electron chi connectivity index (χ1n) is 8.63. The standard InChI is InChI=1S/C18H27BrN2/c1-15-4-2-7-18(12-15)21-10-8-20(9-11-21)14-16-5-3-6-17(19)13-16/h3,5-6,13,15,18H,2,4,7-12,14H2,1H3/p+2/t15-,18-/m1/s1. The number of hydrogen-bond donors (Lipinski definition) is 2. The Bertz CT molecular complexity index is 454. The van der Waals surface area contributed by atoms with Gasteiger partial charge in [0.15, 0.2) is 0 Å². The smallest absolute Gasteiger partial charge is 0.127 e. The van der Waals surface area contributed by atoms with E-state index in [4.69, 9.17) is 0 Å². The van der Waals surface area contributed by atoms with Gasteiger partial charge in [-0.2, -0.15) is 0 Å². The predicted molar refractivity (Wildman–Crippen MR) is 90.7 cm³/mol. The molecule has 116 valence electrons. The number of nitrogens with one attached hydrogen (secondary N) is 2. The highest BCUT2D eigenvalue weighted by Crippen LogP contribution is 2.21. The van der Waals surface area contributed by atoms with Crippen molar-refractivity contribution in [3.05, 3.63) is 34.3 Å². The van der Waals surface area contributed by atoms with E-state index < -0.39 is 0 Å². The molecule has 0 bridgehead atoms. The van der Waals surface area contributed by atoms with Crippen molar-refractivity contribution in [3.63, 3.8) is 0 Å². The first kappa shape index (κ1) is 15.5. The lowest BCUT2D eigenvalue weighted by Crippen LogP contribution is -3.29. The summed E-state index contributed by atoms with van der Waals surface area (Å²) in [5.41, 5.74) is 1.47. The topological polar surface area (TPSA) is 8.88 Å². The summed E-state index contributed by atoms with van der Waals surface area (Å²) in [5, 5.41) is 0. The van der Waals surface area contributed by atoms with Crippen LogP contribution in [0, 0.1) is 5.92 Å². The van der Waals surface area contributed by atoms with E-state index >= 15 is 0 Å². The van der Waals surface area contributed by atoms with Gasteiger partial charge in [0, 0.05) is 16.5 Å². The Balaban J connectivity index is 1.48. The van der Waals surface area contributed by atoms with Gasteiger partial charge in [-0.15, -0.1) is 0 Å². The zero-order valence-corrected chi connectivity index (χ0v) is 14.8. The highest BCUT2D eigenvalue weighted by atomic mass is 79.9. The Morgan fingerprint density at radius 2 is 1.95 bits per heavy atom. The molecule has 2 N–H and O–H groups in total. The van der Waals surface area contributed by atoms with Gasteiger partial charge in [0.2, 0.25) is 0 Å². The van der Waals surface area contributed by atoms with Crippen molar-refractivity contribution in [2.45, 2.75) is 45.2 Å². The molecule has 1 aromatic rings. The van der Waals surface area contributed by atoms with Crippen LogP contribution in [0.5, 0.6) is 0 Å². The number of rotatable bonds is 3. The van der Waals surface area contributed by atoms with E-state index in [9.17, 15) is 0 Å². The molecule has 1 saturated carbocycles. The molecular formula is C18H29BrN2+2. The summed E-state index contributed by atoms with van der Waals surface area (Å²) in [6, 6.07) is 9.77. The summed E-state index contributed by atoms with van der Waals surface area (Å²) in [6.45, 7) is 9.06. The summed E-state index contributed by atoms with van der Waals surface area (Å²) in [5.74, 6) is 0.961. The fourth-order valence-corrected chi connectivity index (χ4v) is 4.70. The van der Waals surface area contributed by atoms with E-state index in [2.05, 4.69) is 47.1 Å². The maximum absolute atomic E-state index is 3.58. The fraction of sp³-hybridized carbons (Fsp3) is 0.667. The van der Waals surface area contributed by atoms with Gasteiger partial charge in [0.1, 0.15) is 32.7 Å². The molecule has 0 aromatic heterocycles. The molecule has 1 aromatic carbocycles. The minimum atomic E-state index is 0.959. The monoisotopic (exact) mass is 352 g/mol. The molecule has 2 nitrogen and oxygen atoms in total. The van der Waals surface area contributed by atoms with Gasteiger partial charge in [-0.1, -0.05) is 41.4 Å². The van der Waals surface area contributed by atoms with Gasteiger partial charge in [0.25, 0.3) is 0 Å². The normalized spacial score (nSPS) is 33.8. The van der Waals surface area contributed by atoms with Crippen molar-refractivity contribution in [1.82, 2.24) is 0 Å². The third kappa shape index (κ3) is 4.30. The molecule has 1 aliphatic carbocycles. The molecule has 3 rings (SSSR count). The maximum atomic E-state index is 3.58. The molecule has 3 heteroatoms. The number of benzene rings is 1. The first-order chi connectivity index (χ1) is 10.2. The second-order valence-electron chi connectivity index (χ2n) is 7.18. The summed E-state index contributed by atoms with van der Waals surface area (Å²) in [7, 11) is 0. The third-order valence-corrected chi connectivity index (χ3v) is 5.95. The van der Waals surface area contributed by atoms with Gasteiger partial charge in [-0.3, -0.25) is 0 Å². The van der Waals surface area contributed by atoms with E-state index in [1.165, 1.54) is 68.4 Å². The minimum absolute atomic E-state index is 0.959. The molecule has 2 atom stereocenters. The van der Waals surface area contributed by atoms with E-state index in [1.54, 1.807) is 4.90 Å². The average Bonchev–Trinajstić information content (AvgIpc) is 2.48. The van der Waals surface area contributed by atoms with Crippen LogP contribution >= 0.6 is 15.9 Å². The van der Waals surface area contributed by atoms with E-state index in [1.807, 2.05) is 4.90 Å². The molecule has 1 saturated heterocycles. The quantitative estimate of drug-likeness (QED) is 0.811. The Morgan fingerprint density at radius 1 is 1.14 bits per heavy atom. The fourth-order valence-electron chi connectivity index (χ4n) is 4.25. The van der Waals surface area contributed by atoms with Crippen molar-refractivity contribution in [2.24, 2.45) is 5.92 Å². The van der Waals surface area contributed by atoms with Crippen LogP contribution in [0.3, 0.4) is 0 Å². The van der Waals surface area contributed by atoms with Crippen LogP contribution in [-0.4, -0.2) is 32.2 Å². The Morgan fingerprint density at radius 3 is 2.67 bits per heavy atom. The molecule has 21 heavy (non-hydrogen) atoms. The number of halogens is 1. The van der Waals surface area contributed by atoms with Crippen LogP contribution in [-0.2, 0) is 6.54 Å². The van der Waals surface area contributed by atoms with Crippen molar-refractivity contribution >= 4 is 15.9 Å². The maximum Gasteiger partial charge on any atom is 0.127 e. The molecule has 0 unspecified atom stereocenters. The highest BCUT2D eigenvalue weighted by Gasteiger charge is 2.32. The predicted octanol–water partition coefficient (Wildman–Crippen LogP) is 1.31. The molecule has 0 spiro atoms. The lowest BCUT2D eigenvalue weighted by atomic mass is 9.86. The second-order valence-corrected chi connectivity index (χ2v) is 8.10. The van der Waals surface area contributed by atoms with Crippen LogP contribution in [0.25, 0.3) is 0 Å². The van der Waals surface area contributed by atoms with Gasteiger partial charge < -0.3 is 9.80 Å². The summed E-state index contributed by atoms with van der Waals surface area (Å²) in [6.07, 6.45) is 5.87. The summed E-state index contributed by atoms with van der Waals surface area (Å²) < 4.78 is 1.21. The van der Waals surface area contributed by atoms with Gasteiger partial charge >= 0.3 is 0 Å². The van der Waals surface area contributed by atoms with Gasteiger partial charge in [-0.25, -0.2) is 0 Å². The summed E-state index contributed by atoms with van der Waals surface area (Å²) in [4.78, 5) is 3.67. The lowest BCUT2D eigenvalue weighted by Gasteiger charge is -2.37. The Hall–Kier alpha value is -0.380. The number of hydrogen-bond acceptors (Lipinski definition) is 0. The van der Waals surface area contributed by atoms with E-state index in [-0.39, 0.29) is 0 Å². The second kappa shape index (κ2) is 7.26. The first-order valence-corrected chi connectivity index (χ1v) is 9.42. The Labute approximate surface area is 137 Å². The van der Waals surface area contributed by atoms with E-state index in [0.717, 1.165) is 12.0 Å². The van der Waals surface area contributed by atoms with Crippen molar-refractivity contribution < 1.29 is 9.80 Å². The average molecular weight is 353 g/mol. The van der Waals surface area contributed by atoms with Crippen LogP contribution in [0.15, 0.2) is 28.7 Å². The zero-order valence-electron chi connectivity index (χ0n) is 13.2. The van der Waals surface area contributed by atoms with Crippen LogP contribution in [0.2, 0.25) is 0 Å². The molecular weight excluding hydrogens is 324 g/mol. The van der Waals surface area contributed by atoms with Crippen molar-refractivity contribution in [3.8, 4) is 0 Å². The van der Waals surface area contributed by atoms with Crippen LogP contribution in [0.4, 0.5) is 0 Å². The number of piperazine rings is 1. The molecule has 2 fully saturated rings. The molecule has 1 aliphatic heterocycles. The van der Waals surface area contributed by atoms with Gasteiger partial charge in [-0.05, 0) is 30.9 Å². The van der Waals surface area contributed by atoms with E-state index in [0.29, 0.717) is 0 Å². The molecule has 1 heterocycles. The van der Waals surface area contributed by atoms with Crippen molar-refractivity contribution in [1.29, 1.82) is 0 Å². The van der Waals surface area contributed by atoms with Crippen LogP contribution < -0.4 is 9.80 Å². The van der Waals surface area contributed by atoms with Crippen molar-refractivity contribution in [2.75, 3.05) is 26.2 Å². The van der Waals surface area contributed by atoms with Crippen LogP contribution in [0.1, 0.15) is 38.2 Å². The number of quaternary nitrogens is 2. The molecule has 0 radical (unpaired) electrons. The third-order valence-electron chi connectivity index (χ3n) is 5.46. The summed E-state index contributed by atoms with van der Waals surface area (Å²) >= 11 is 3.58. The SMILES string of the molecule is C[C@@H]1CCC[C@@H]([NH+]2CC[NH+](Cc3cccc(Br)c3)CC2)C1. The highest BCUT2D eigenvalue weighted by molar-refractivity contribution is 9.10. The largest absolute Gasteiger partial charge is 0.323 e. The minimum Gasteiger partial charge on any atom is -0.323 e. The lowest BCUT2D eigenvalue weighted by molar-refractivity contribution is -1.03. The molecule has 2 aliphatic rings. The van der Waals surface area contributed by atoms with Gasteiger partial charge in [0.05, 0.1) is 6.04 Å². The molecule has 0 amide bonds. The Kier molecular flexibility index (Phi) is 5.36.